The van der Waals surface area contributed by atoms with Crippen LogP contribution in [0.5, 0.6) is 0 Å². The van der Waals surface area contributed by atoms with Crippen LogP contribution < -0.4 is 0 Å². The molecule has 0 saturated heterocycles. The molecule has 0 heteroatoms. The Balaban J connectivity index is 2.56. The summed E-state index contributed by atoms with van der Waals surface area (Å²) < 4.78 is 0. The SMILES string of the molecule is Cc1ccc2c3c(cccc13)CC=C2. The maximum atomic E-state index is 2.24. The lowest BCUT2D eigenvalue weighted by Crippen LogP contribution is -1.93. The van der Waals surface area contributed by atoms with Crippen molar-refractivity contribution in [1.82, 2.24) is 0 Å². The predicted octanol–water partition coefficient (Wildman–Crippen LogP) is 3.72. The van der Waals surface area contributed by atoms with Crippen molar-refractivity contribution in [2.45, 2.75) is 13.3 Å². The molecule has 0 spiro atoms. The lowest BCUT2D eigenvalue weighted by molar-refractivity contribution is 1.29. The van der Waals surface area contributed by atoms with Gasteiger partial charge in [0.15, 0.2) is 0 Å². The first-order valence-electron chi connectivity index (χ1n) is 5.04. The van der Waals surface area contributed by atoms with Crippen LogP contribution in [0.15, 0.2) is 36.4 Å². The third-order valence-corrected chi connectivity index (χ3v) is 3.01. The van der Waals surface area contributed by atoms with Gasteiger partial charge in [0.1, 0.15) is 0 Å². The summed E-state index contributed by atoms with van der Waals surface area (Å²) in [6.45, 7) is 2.18. The van der Waals surface area contributed by atoms with E-state index in [2.05, 4.69) is 49.4 Å². The molecule has 2 aromatic carbocycles. The lowest BCUT2D eigenvalue weighted by Gasteiger charge is -2.13. The van der Waals surface area contributed by atoms with Gasteiger partial charge in [-0.25, -0.2) is 0 Å². The molecule has 0 heterocycles. The van der Waals surface area contributed by atoms with Crippen LogP contribution in [0.2, 0.25) is 0 Å². The Kier molecular flexibility index (Phi) is 1.51. The van der Waals surface area contributed by atoms with Gasteiger partial charge in [0, 0.05) is 0 Å². The van der Waals surface area contributed by atoms with Gasteiger partial charge in [0.25, 0.3) is 0 Å². The number of aryl methyl sites for hydroxylation is 1. The summed E-state index contributed by atoms with van der Waals surface area (Å²) in [5.41, 5.74) is 4.21. The fraction of sp³-hybridized carbons (Fsp3) is 0.143. The first-order valence-corrected chi connectivity index (χ1v) is 5.04. The second kappa shape index (κ2) is 2.71. The summed E-state index contributed by atoms with van der Waals surface area (Å²) in [5, 5.41) is 2.86. The third kappa shape index (κ3) is 0.941. The van der Waals surface area contributed by atoms with Gasteiger partial charge < -0.3 is 0 Å². The molecule has 14 heavy (non-hydrogen) atoms. The van der Waals surface area contributed by atoms with E-state index < -0.39 is 0 Å². The molecule has 0 amide bonds. The number of hydrogen-bond donors (Lipinski definition) is 0. The highest BCUT2D eigenvalue weighted by Crippen LogP contribution is 2.30. The lowest BCUT2D eigenvalue weighted by atomic mass is 9.91. The van der Waals surface area contributed by atoms with Crippen LogP contribution in [0.3, 0.4) is 0 Å². The summed E-state index contributed by atoms with van der Waals surface area (Å²) in [7, 11) is 0. The minimum absolute atomic E-state index is 1.08. The summed E-state index contributed by atoms with van der Waals surface area (Å²) in [6.07, 6.45) is 5.55. The molecule has 0 aromatic heterocycles. The number of allylic oxidation sites excluding steroid dienone is 1. The Morgan fingerprint density at radius 1 is 1.07 bits per heavy atom. The second-order valence-electron chi connectivity index (χ2n) is 3.92. The maximum absolute atomic E-state index is 2.24. The highest BCUT2D eigenvalue weighted by molar-refractivity contribution is 5.96. The van der Waals surface area contributed by atoms with Gasteiger partial charge in [-0.15, -0.1) is 0 Å². The molecule has 1 aliphatic rings. The smallest absolute Gasteiger partial charge is 0.00736 e. The zero-order chi connectivity index (χ0) is 9.54. The monoisotopic (exact) mass is 180 g/mol. The quantitative estimate of drug-likeness (QED) is 0.579. The molecule has 0 N–H and O–H groups in total. The van der Waals surface area contributed by atoms with Crippen molar-refractivity contribution in [1.29, 1.82) is 0 Å². The van der Waals surface area contributed by atoms with Gasteiger partial charge >= 0.3 is 0 Å². The standard InChI is InChI=1S/C14H12/c1-10-8-9-12-5-2-4-11-6-3-7-13(10)14(11)12/h2-3,5-9H,4H2,1H3. The van der Waals surface area contributed by atoms with Crippen LogP contribution in [-0.2, 0) is 6.42 Å². The highest BCUT2D eigenvalue weighted by atomic mass is 14.1. The Hall–Kier alpha value is -1.56. The van der Waals surface area contributed by atoms with Gasteiger partial charge in [-0.1, -0.05) is 42.5 Å². The molecule has 0 radical (unpaired) electrons. The maximum Gasteiger partial charge on any atom is -0.00736 e. The highest BCUT2D eigenvalue weighted by Gasteiger charge is 2.08. The van der Waals surface area contributed by atoms with E-state index in [1.807, 2.05) is 0 Å². The number of benzene rings is 2. The Morgan fingerprint density at radius 2 is 2.00 bits per heavy atom. The van der Waals surface area contributed by atoms with Gasteiger partial charge in [0.2, 0.25) is 0 Å². The van der Waals surface area contributed by atoms with E-state index >= 15 is 0 Å². The van der Waals surface area contributed by atoms with Gasteiger partial charge in [-0.05, 0) is 40.8 Å². The van der Waals surface area contributed by atoms with Crippen molar-refractivity contribution in [2.24, 2.45) is 0 Å². The Bertz CT molecular complexity index is 533. The molecule has 0 atom stereocenters. The molecule has 0 fully saturated rings. The third-order valence-electron chi connectivity index (χ3n) is 3.01. The van der Waals surface area contributed by atoms with Crippen molar-refractivity contribution < 1.29 is 0 Å². The van der Waals surface area contributed by atoms with Crippen LogP contribution >= 0.6 is 0 Å². The normalized spacial score (nSPS) is 13.5. The van der Waals surface area contributed by atoms with Crippen molar-refractivity contribution in [2.75, 3.05) is 0 Å². The van der Waals surface area contributed by atoms with E-state index in [1.54, 1.807) is 0 Å². The summed E-state index contributed by atoms with van der Waals surface area (Å²) in [4.78, 5) is 0. The minimum Gasteiger partial charge on any atom is -0.0795 e. The fourth-order valence-electron chi connectivity index (χ4n) is 2.28. The van der Waals surface area contributed by atoms with E-state index in [-0.39, 0.29) is 0 Å². The molecule has 0 saturated carbocycles. The van der Waals surface area contributed by atoms with E-state index in [0.717, 1.165) is 6.42 Å². The minimum atomic E-state index is 1.08. The molecule has 0 unspecified atom stereocenters. The van der Waals surface area contributed by atoms with Gasteiger partial charge in [-0.3, -0.25) is 0 Å². The van der Waals surface area contributed by atoms with Crippen LogP contribution in [-0.4, -0.2) is 0 Å². The molecular weight excluding hydrogens is 168 g/mol. The molecule has 0 nitrogen and oxygen atoms in total. The van der Waals surface area contributed by atoms with Gasteiger partial charge in [0.05, 0.1) is 0 Å². The molecular formula is C14H12. The van der Waals surface area contributed by atoms with Crippen molar-refractivity contribution in [3.05, 3.63) is 53.1 Å². The van der Waals surface area contributed by atoms with Crippen molar-refractivity contribution >= 4 is 16.8 Å². The molecule has 3 rings (SSSR count). The molecule has 2 aromatic rings. The summed E-state index contributed by atoms with van der Waals surface area (Å²) in [5.74, 6) is 0. The molecule has 0 bridgehead atoms. The first kappa shape index (κ1) is 7.81. The number of rotatable bonds is 0. The van der Waals surface area contributed by atoms with Crippen molar-refractivity contribution in [3.8, 4) is 0 Å². The largest absolute Gasteiger partial charge is 0.0795 e. The Labute approximate surface area is 83.9 Å². The van der Waals surface area contributed by atoms with E-state index in [1.165, 1.54) is 27.5 Å². The van der Waals surface area contributed by atoms with Crippen LogP contribution in [0.4, 0.5) is 0 Å². The molecule has 68 valence electrons. The van der Waals surface area contributed by atoms with Crippen LogP contribution in [0.1, 0.15) is 16.7 Å². The first-order chi connectivity index (χ1) is 6.86. The topological polar surface area (TPSA) is 0 Å². The van der Waals surface area contributed by atoms with E-state index in [0.29, 0.717) is 0 Å². The second-order valence-corrected chi connectivity index (χ2v) is 3.92. The number of hydrogen-bond acceptors (Lipinski definition) is 0. The average molecular weight is 180 g/mol. The molecule has 1 aliphatic carbocycles. The summed E-state index contributed by atoms with van der Waals surface area (Å²) >= 11 is 0. The van der Waals surface area contributed by atoms with E-state index in [9.17, 15) is 0 Å². The summed E-state index contributed by atoms with van der Waals surface area (Å²) in [6, 6.07) is 11.0. The van der Waals surface area contributed by atoms with Crippen LogP contribution in [0.25, 0.3) is 16.8 Å². The van der Waals surface area contributed by atoms with Crippen molar-refractivity contribution in [3.63, 3.8) is 0 Å². The zero-order valence-corrected chi connectivity index (χ0v) is 8.25. The molecule has 0 aliphatic heterocycles. The fourth-order valence-corrected chi connectivity index (χ4v) is 2.28. The predicted molar refractivity (Wildman–Crippen MR) is 61.4 cm³/mol. The Morgan fingerprint density at radius 3 is 2.93 bits per heavy atom. The van der Waals surface area contributed by atoms with E-state index in [4.69, 9.17) is 0 Å². The zero-order valence-electron chi connectivity index (χ0n) is 8.25. The van der Waals surface area contributed by atoms with Gasteiger partial charge in [-0.2, -0.15) is 0 Å². The van der Waals surface area contributed by atoms with Crippen LogP contribution in [0, 0.1) is 6.92 Å². The average Bonchev–Trinajstić information content (AvgIpc) is 2.24.